The van der Waals surface area contributed by atoms with E-state index < -0.39 is 5.60 Å². The predicted octanol–water partition coefficient (Wildman–Crippen LogP) is 5.78. The van der Waals surface area contributed by atoms with Crippen LogP contribution < -0.4 is 5.32 Å². The lowest BCUT2D eigenvalue weighted by Crippen LogP contribution is -2.51. The number of halogens is 1. The maximum atomic E-state index is 6.36. The zero-order valence-electron chi connectivity index (χ0n) is 17.0. The van der Waals surface area contributed by atoms with E-state index in [-0.39, 0.29) is 18.4 Å². The summed E-state index contributed by atoms with van der Waals surface area (Å²) in [7, 11) is 1.81. The Kier molecular flexibility index (Phi) is 9.14. The predicted molar refractivity (Wildman–Crippen MR) is 125 cm³/mol. The minimum Gasteiger partial charge on any atom is -0.367 e. The van der Waals surface area contributed by atoms with Crippen molar-refractivity contribution in [3.8, 4) is 0 Å². The molecule has 0 saturated carbocycles. The Bertz CT molecular complexity index is 797. The standard InChI is InChI=1S/C26H29NO.ClH/c1-3-21-27-25(20-19-22-13-7-4-8-14-22)26(28-2,23-15-9-5-10-16-23)24-17-11-6-12-18-24;/h3-18,25,27H,1,19-21H2,2H3;1H. The van der Waals surface area contributed by atoms with Crippen LogP contribution in [0.1, 0.15) is 23.1 Å². The van der Waals surface area contributed by atoms with E-state index in [0.717, 1.165) is 30.5 Å². The van der Waals surface area contributed by atoms with E-state index in [9.17, 15) is 0 Å². The van der Waals surface area contributed by atoms with Crippen molar-refractivity contribution in [2.45, 2.75) is 24.5 Å². The number of rotatable bonds is 10. The fourth-order valence-corrected chi connectivity index (χ4v) is 3.95. The van der Waals surface area contributed by atoms with E-state index in [0.29, 0.717) is 0 Å². The maximum absolute atomic E-state index is 6.36. The molecule has 0 heterocycles. The monoisotopic (exact) mass is 407 g/mol. The van der Waals surface area contributed by atoms with Crippen molar-refractivity contribution in [2.75, 3.05) is 13.7 Å². The molecule has 0 bridgehead atoms. The third-order valence-electron chi connectivity index (χ3n) is 5.29. The summed E-state index contributed by atoms with van der Waals surface area (Å²) in [5, 5.41) is 3.69. The van der Waals surface area contributed by atoms with E-state index in [1.54, 1.807) is 0 Å². The summed E-state index contributed by atoms with van der Waals surface area (Å²) in [5.41, 5.74) is 3.05. The molecule has 0 radical (unpaired) electrons. The number of hydrogen-bond donors (Lipinski definition) is 1. The SMILES string of the molecule is C=CCNC(CCc1ccccc1)C(OC)(c1ccccc1)c1ccccc1.Cl. The highest BCUT2D eigenvalue weighted by Gasteiger charge is 2.41. The maximum Gasteiger partial charge on any atom is 0.133 e. The van der Waals surface area contributed by atoms with Crippen molar-refractivity contribution in [3.05, 3.63) is 120 Å². The number of hydrogen-bond acceptors (Lipinski definition) is 2. The zero-order valence-corrected chi connectivity index (χ0v) is 17.8. The Balaban J connectivity index is 0.00000300. The lowest BCUT2D eigenvalue weighted by Gasteiger charge is -2.41. The Labute approximate surface area is 181 Å². The fourth-order valence-electron chi connectivity index (χ4n) is 3.95. The molecule has 0 amide bonds. The molecule has 0 aromatic heterocycles. The van der Waals surface area contributed by atoms with Crippen molar-refractivity contribution in [1.82, 2.24) is 5.32 Å². The van der Waals surface area contributed by atoms with Crippen molar-refractivity contribution >= 4 is 12.4 Å². The van der Waals surface area contributed by atoms with Crippen LogP contribution in [0.2, 0.25) is 0 Å². The van der Waals surface area contributed by atoms with Gasteiger partial charge in [0.2, 0.25) is 0 Å². The van der Waals surface area contributed by atoms with Crippen LogP contribution in [0, 0.1) is 0 Å². The Hall–Kier alpha value is -2.39. The lowest BCUT2D eigenvalue weighted by molar-refractivity contribution is -0.0130. The highest BCUT2D eigenvalue weighted by molar-refractivity contribution is 5.85. The number of nitrogens with one attached hydrogen (secondary N) is 1. The average Bonchev–Trinajstić information content (AvgIpc) is 2.78. The second-order valence-electron chi connectivity index (χ2n) is 6.95. The minimum atomic E-state index is -0.583. The molecule has 1 N–H and O–H groups in total. The van der Waals surface area contributed by atoms with Gasteiger partial charge in [0.15, 0.2) is 0 Å². The van der Waals surface area contributed by atoms with E-state index in [1.807, 2.05) is 25.3 Å². The topological polar surface area (TPSA) is 21.3 Å². The first-order valence-electron chi connectivity index (χ1n) is 9.85. The summed E-state index contributed by atoms with van der Waals surface area (Å²) in [6, 6.07) is 31.7. The first kappa shape index (κ1) is 22.9. The van der Waals surface area contributed by atoms with Crippen molar-refractivity contribution in [3.63, 3.8) is 0 Å². The van der Waals surface area contributed by atoms with Gasteiger partial charge in [0.25, 0.3) is 0 Å². The number of methoxy groups -OCH3 is 1. The molecule has 3 rings (SSSR count). The van der Waals surface area contributed by atoms with Gasteiger partial charge in [0, 0.05) is 19.7 Å². The summed E-state index contributed by atoms with van der Waals surface area (Å²) in [4.78, 5) is 0. The quantitative estimate of drug-likeness (QED) is 0.430. The molecule has 0 spiro atoms. The molecule has 29 heavy (non-hydrogen) atoms. The van der Waals surface area contributed by atoms with Crippen LogP contribution in [0.25, 0.3) is 0 Å². The van der Waals surface area contributed by atoms with Crippen LogP contribution in [0.3, 0.4) is 0 Å². The molecule has 0 aliphatic rings. The summed E-state index contributed by atoms with van der Waals surface area (Å²) in [5.74, 6) is 0. The Morgan fingerprint density at radius 3 is 1.79 bits per heavy atom. The fraction of sp³-hybridized carbons (Fsp3) is 0.231. The molecule has 3 heteroatoms. The van der Waals surface area contributed by atoms with Gasteiger partial charge in [0.1, 0.15) is 5.60 Å². The Morgan fingerprint density at radius 2 is 1.34 bits per heavy atom. The molecule has 0 fully saturated rings. The molecule has 0 aliphatic carbocycles. The van der Waals surface area contributed by atoms with Gasteiger partial charge in [0.05, 0.1) is 0 Å². The summed E-state index contributed by atoms with van der Waals surface area (Å²) < 4.78 is 6.36. The van der Waals surface area contributed by atoms with Crippen molar-refractivity contribution in [1.29, 1.82) is 0 Å². The molecule has 0 aliphatic heterocycles. The third-order valence-corrected chi connectivity index (χ3v) is 5.29. The molecular formula is C26H30ClNO. The van der Waals surface area contributed by atoms with Crippen molar-refractivity contribution in [2.24, 2.45) is 0 Å². The average molecular weight is 408 g/mol. The highest BCUT2D eigenvalue weighted by atomic mass is 35.5. The molecule has 3 aromatic rings. The number of benzene rings is 3. The van der Waals surface area contributed by atoms with Gasteiger partial charge in [-0.25, -0.2) is 0 Å². The second-order valence-corrected chi connectivity index (χ2v) is 6.95. The molecule has 152 valence electrons. The van der Waals surface area contributed by atoms with Gasteiger partial charge in [-0.15, -0.1) is 19.0 Å². The largest absolute Gasteiger partial charge is 0.367 e. The molecule has 2 nitrogen and oxygen atoms in total. The normalized spacial score (nSPS) is 12.0. The van der Waals surface area contributed by atoms with Gasteiger partial charge >= 0.3 is 0 Å². The van der Waals surface area contributed by atoms with E-state index in [2.05, 4.69) is 90.8 Å². The molecule has 1 atom stereocenters. The van der Waals surface area contributed by atoms with Crippen LogP contribution in [0.15, 0.2) is 104 Å². The smallest absolute Gasteiger partial charge is 0.133 e. The van der Waals surface area contributed by atoms with Crippen LogP contribution in [0.5, 0.6) is 0 Å². The van der Waals surface area contributed by atoms with Crippen LogP contribution >= 0.6 is 12.4 Å². The molecule has 1 unspecified atom stereocenters. The van der Waals surface area contributed by atoms with Gasteiger partial charge in [-0.05, 0) is 29.5 Å². The molecule has 0 saturated heterocycles. The first-order valence-corrected chi connectivity index (χ1v) is 9.85. The molecule has 3 aromatic carbocycles. The van der Waals surface area contributed by atoms with Crippen LogP contribution in [0.4, 0.5) is 0 Å². The summed E-state index contributed by atoms with van der Waals surface area (Å²) in [6.45, 7) is 4.63. The summed E-state index contributed by atoms with van der Waals surface area (Å²) >= 11 is 0. The number of aryl methyl sites for hydroxylation is 1. The van der Waals surface area contributed by atoms with E-state index in [1.165, 1.54) is 5.56 Å². The highest BCUT2D eigenvalue weighted by Crippen LogP contribution is 2.38. The number of ether oxygens (including phenoxy) is 1. The first-order chi connectivity index (χ1) is 13.8. The third kappa shape index (κ3) is 5.36. The van der Waals surface area contributed by atoms with Crippen LogP contribution in [-0.4, -0.2) is 19.7 Å². The van der Waals surface area contributed by atoms with E-state index >= 15 is 0 Å². The van der Waals surface area contributed by atoms with Gasteiger partial charge in [-0.2, -0.15) is 0 Å². The van der Waals surface area contributed by atoms with Gasteiger partial charge < -0.3 is 10.1 Å². The summed E-state index contributed by atoms with van der Waals surface area (Å²) in [6.07, 6.45) is 3.82. The Morgan fingerprint density at radius 1 is 0.862 bits per heavy atom. The zero-order chi connectivity index (χ0) is 19.7. The minimum absolute atomic E-state index is 0. The molecular weight excluding hydrogens is 378 g/mol. The van der Waals surface area contributed by atoms with Crippen molar-refractivity contribution < 1.29 is 4.74 Å². The lowest BCUT2D eigenvalue weighted by atomic mass is 9.77. The van der Waals surface area contributed by atoms with Crippen LogP contribution in [-0.2, 0) is 16.8 Å². The van der Waals surface area contributed by atoms with E-state index in [4.69, 9.17) is 4.74 Å². The van der Waals surface area contributed by atoms with Gasteiger partial charge in [-0.1, -0.05) is 97.1 Å². The second kappa shape index (κ2) is 11.6. The van der Waals surface area contributed by atoms with Gasteiger partial charge in [-0.3, -0.25) is 0 Å².